The molecule has 1 aromatic carbocycles. The second-order valence-electron chi connectivity index (χ2n) is 3.32. The molecular formula is C12H13N3O3. The monoisotopic (exact) mass is 247 g/mol. The Hall–Kier alpha value is -2.52. The molecule has 4 N–H and O–H groups in total. The zero-order valence-electron chi connectivity index (χ0n) is 9.55. The number of benzene rings is 1. The number of aromatic hydroxyl groups is 1. The van der Waals surface area contributed by atoms with Gasteiger partial charge in [-0.3, -0.25) is 4.79 Å². The van der Waals surface area contributed by atoms with Crippen molar-refractivity contribution in [3.8, 4) is 11.8 Å². The number of phenols is 1. The standard InChI is InChI=1S/C12H13N3O3/c13-7-9(8-14-5-6-16)12(18)15-10-3-1-2-4-11(10)17/h1-4,8,14,16-17H,5-6H2,(H,15,18)/b9-8-. The average Bonchev–Trinajstić information content (AvgIpc) is 2.37. The van der Waals surface area contributed by atoms with E-state index in [0.29, 0.717) is 0 Å². The zero-order valence-corrected chi connectivity index (χ0v) is 9.55. The molecule has 6 heteroatoms. The highest BCUT2D eigenvalue weighted by Gasteiger charge is 2.10. The maximum atomic E-state index is 11.7. The number of carbonyl (C=O) groups excluding carboxylic acids is 1. The van der Waals surface area contributed by atoms with Crippen molar-refractivity contribution in [3.63, 3.8) is 0 Å². The molecule has 1 amide bonds. The van der Waals surface area contributed by atoms with Crippen molar-refractivity contribution in [2.24, 2.45) is 0 Å². The topological polar surface area (TPSA) is 105 Å². The van der Waals surface area contributed by atoms with Crippen LogP contribution in [0.3, 0.4) is 0 Å². The number of aliphatic hydroxyl groups is 1. The van der Waals surface area contributed by atoms with E-state index in [0.717, 1.165) is 0 Å². The van der Waals surface area contributed by atoms with Crippen LogP contribution < -0.4 is 10.6 Å². The molecule has 0 aliphatic rings. The molecule has 0 aliphatic carbocycles. The first-order chi connectivity index (χ1) is 8.69. The van der Waals surface area contributed by atoms with E-state index in [1.165, 1.54) is 18.3 Å². The summed E-state index contributed by atoms with van der Waals surface area (Å²) in [5.41, 5.74) is 0.0810. The van der Waals surface area contributed by atoms with Gasteiger partial charge < -0.3 is 20.8 Å². The molecule has 0 spiro atoms. The molecule has 0 saturated heterocycles. The lowest BCUT2D eigenvalue weighted by atomic mass is 10.2. The highest BCUT2D eigenvalue weighted by Crippen LogP contribution is 2.21. The maximum Gasteiger partial charge on any atom is 0.267 e. The lowest BCUT2D eigenvalue weighted by Crippen LogP contribution is -2.18. The number of aliphatic hydroxyl groups excluding tert-OH is 1. The third-order valence-corrected chi connectivity index (χ3v) is 2.02. The largest absolute Gasteiger partial charge is 0.506 e. The van der Waals surface area contributed by atoms with Gasteiger partial charge in [0.25, 0.3) is 5.91 Å². The number of hydrogen-bond acceptors (Lipinski definition) is 5. The lowest BCUT2D eigenvalue weighted by Gasteiger charge is -2.06. The Labute approximate surface area is 104 Å². The first-order valence-electron chi connectivity index (χ1n) is 5.23. The molecule has 94 valence electrons. The lowest BCUT2D eigenvalue weighted by molar-refractivity contribution is -0.112. The van der Waals surface area contributed by atoms with Gasteiger partial charge in [0.2, 0.25) is 0 Å². The quantitative estimate of drug-likeness (QED) is 0.259. The molecule has 18 heavy (non-hydrogen) atoms. The predicted molar refractivity (Wildman–Crippen MR) is 65.5 cm³/mol. The van der Waals surface area contributed by atoms with E-state index >= 15 is 0 Å². The number of amides is 1. The number of nitrogens with zero attached hydrogens (tertiary/aromatic N) is 1. The van der Waals surface area contributed by atoms with Crippen LogP contribution in [0.2, 0.25) is 0 Å². The highest BCUT2D eigenvalue weighted by molar-refractivity contribution is 6.07. The Balaban J connectivity index is 2.72. The smallest absolute Gasteiger partial charge is 0.267 e. The third kappa shape index (κ3) is 3.81. The number of nitriles is 1. The first-order valence-corrected chi connectivity index (χ1v) is 5.23. The number of phenolic OH excluding ortho intramolecular Hbond substituents is 1. The molecule has 0 fully saturated rings. The molecule has 0 bridgehead atoms. The van der Waals surface area contributed by atoms with Gasteiger partial charge in [-0.2, -0.15) is 5.26 Å². The van der Waals surface area contributed by atoms with E-state index in [1.54, 1.807) is 18.2 Å². The fourth-order valence-electron chi connectivity index (χ4n) is 1.16. The van der Waals surface area contributed by atoms with Crippen molar-refractivity contribution in [2.45, 2.75) is 0 Å². The minimum atomic E-state index is -0.635. The van der Waals surface area contributed by atoms with Crippen LogP contribution in [0.25, 0.3) is 0 Å². The molecule has 1 rings (SSSR count). The number of hydrogen-bond donors (Lipinski definition) is 4. The fourth-order valence-corrected chi connectivity index (χ4v) is 1.16. The molecule has 0 saturated carbocycles. The summed E-state index contributed by atoms with van der Waals surface area (Å²) in [6.07, 6.45) is 1.21. The average molecular weight is 247 g/mol. The van der Waals surface area contributed by atoms with E-state index in [1.807, 2.05) is 0 Å². The van der Waals surface area contributed by atoms with Crippen LogP contribution in [-0.2, 0) is 4.79 Å². The van der Waals surface area contributed by atoms with Gasteiger partial charge in [0.05, 0.1) is 12.3 Å². The van der Waals surface area contributed by atoms with Crippen LogP contribution in [0.5, 0.6) is 5.75 Å². The van der Waals surface area contributed by atoms with E-state index in [9.17, 15) is 9.90 Å². The first kappa shape index (κ1) is 13.5. The Bertz CT molecular complexity index is 492. The predicted octanol–water partition coefficient (Wildman–Crippen LogP) is 0.320. The molecule has 0 aromatic heterocycles. The van der Waals surface area contributed by atoms with Crippen LogP contribution in [0.15, 0.2) is 36.0 Å². The van der Waals surface area contributed by atoms with Crippen LogP contribution >= 0.6 is 0 Å². The van der Waals surface area contributed by atoms with Crippen molar-refractivity contribution in [1.29, 1.82) is 5.26 Å². The van der Waals surface area contributed by atoms with Crippen molar-refractivity contribution >= 4 is 11.6 Å². The molecule has 0 heterocycles. The van der Waals surface area contributed by atoms with Crippen LogP contribution in [0.1, 0.15) is 0 Å². The zero-order chi connectivity index (χ0) is 13.4. The summed E-state index contributed by atoms with van der Waals surface area (Å²) in [5, 5.41) is 31.8. The van der Waals surface area contributed by atoms with Gasteiger partial charge in [-0.05, 0) is 12.1 Å². The summed E-state index contributed by atoms with van der Waals surface area (Å²) < 4.78 is 0. The molecular weight excluding hydrogens is 234 g/mol. The van der Waals surface area contributed by atoms with E-state index in [2.05, 4.69) is 10.6 Å². The second-order valence-corrected chi connectivity index (χ2v) is 3.32. The van der Waals surface area contributed by atoms with Crippen LogP contribution in [0.4, 0.5) is 5.69 Å². The normalized spacial score (nSPS) is 10.6. The molecule has 0 unspecified atom stereocenters. The van der Waals surface area contributed by atoms with Crippen LogP contribution in [0, 0.1) is 11.3 Å². The maximum absolute atomic E-state index is 11.7. The Morgan fingerprint density at radius 1 is 1.44 bits per heavy atom. The number of anilines is 1. The summed E-state index contributed by atoms with van der Waals surface area (Å²) >= 11 is 0. The van der Waals surface area contributed by atoms with Crippen molar-refractivity contribution < 1.29 is 15.0 Å². The Kier molecular flexibility index (Phi) is 5.22. The van der Waals surface area contributed by atoms with Crippen molar-refractivity contribution in [1.82, 2.24) is 5.32 Å². The molecule has 0 aliphatic heterocycles. The van der Waals surface area contributed by atoms with Gasteiger partial charge in [0.15, 0.2) is 0 Å². The number of nitrogens with one attached hydrogen (secondary N) is 2. The van der Waals surface area contributed by atoms with E-state index in [4.69, 9.17) is 10.4 Å². The SMILES string of the molecule is N#C/C(=C/NCCO)C(=O)Nc1ccccc1O. The van der Waals surface area contributed by atoms with Gasteiger partial charge >= 0.3 is 0 Å². The number of para-hydroxylation sites is 2. The Morgan fingerprint density at radius 3 is 2.78 bits per heavy atom. The van der Waals surface area contributed by atoms with Gasteiger partial charge in [-0.1, -0.05) is 12.1 Å². The van der Waals surface area contributed by atoms with Crippen molar-refractivity contribution in [3.05, 3.63) is 36.0 Å². The summed E-state index contributed by atoms with van der Waals surface area (Å²) in [4.78, 5) is 11.7. The molecule has 6 nitrogen and oxygen atoms in total. The van der Waals surface area contributed by atoms with Gasteiger partial charge in [-0.25, -0.2) is 0 Å². The van der Waals surface area contributed by atoms with E-state index < -0.39 is 5.91 Å². The summed E-state index contributed by atoms with van der Waals surface area (Å²) in [6, 6.07) is 7.93. The number of carbonyl (C=O) groups is 1. The minimum Gasteiger partial charge on any atom is -0.506 e. The van der Waals surface area contributed by atoms with Gasteiger partial charge in [-0.15, -0.1) is 0 Å². The van der Waals surface area contributed by atoms with Gasteiger partial charge in [0, 0.05) is 12.7 Å². The number of rotatable bonds is 5. The van der Waals surface area contributed by atoms with E-state index in [-0.39, 0.29) is 30.2 Å². The fraction of sp³-hybridized carbons (Fsp3) is 0.167. The summed E-state index contributed by atoms with van der Waals surface area (Å²) in [6.45, 7) is 0.144. The third-order valence-electron chi connectivity index (χ3n) is 2.02. The van der Waals surface area contributed by atoms with Gasteiger partial charge in [0.1, 0.15) is 17.4 Å². The summed E-state index contributed by atoms with van der Waals surface area (Å²) in [7, 11) is 0. The second kappa shape index (κ2) is 6.93. The van der Waals surface area contributed by atoms with Crippen LogP contribution in [-0.4, -0.2) is 29.3 Å². The molecule has 0 radical (unpaired) electrons. The Morgan fingerprint density at radius 2 is 2.17 bits per heavy atom. The minimum absolute atomic E-state index is 0.0774. The molecule has 1 aromatic rings. The summed E-state index contributed by atoms with van der Waals surface area (Å²) in [5.74, 6) is -0.712. The molecule has 0 atom stereocenters. The van der Waals surface area contributed by atoms with Crippen molar-refractivity contribution in [2.75, 3.05) is 18.5 Å². The highest BCUT2D eigenvalue weighted by atomic mass is 16.3.